The molecule has 5 rings (SSSR count). The molecule has 1 aliphatic carbocycles. The highest BCUT2D eigenvalue weighted by Gasteiger charge is 2.46. The third-order valence-electron chi connectivity index (χ3n) is 8.51. The Hall–Kier alpha value is -2.35. The second-order valence-corrected chi connectivity index (χ2v) is 12.1. The maximum Gasteiger partial charge on any atom is 0.416 e. The minimum Gasteiger partial charge on any atom is -0.341 e. The summed E-state index contributed by atoms with van der Waals surface area (Å²) >= 11 is 0. The number of aromatic nitrogens is 2. The normalized spacial score (nSPS) is 26.6. The second-order valence-electron chi connectivity index (χ2n) is 12.1. The minimum absolute atomic E-state index is 0.106. The van der Waals surface area contributed by atoms with Crippen molar-refractivity contribution < 1.29 is 18.0 Å². The SMILES string of the molecule is CC(C)(C)n1ccc([C@@H]2C[C@@H](C(=O)N3CCC4(CCCCC4)C3)N[C@H]2c2ccc(C(F)(F)F)cc2)n1. The Morgan fingerprint density at radius 2 is 1.72 bits per heavy atom. The zero-order valence-electron chi connectivity index (χ0n) is 21.4. The number of nitrogens with one attached hydrogen (secondary N) is 1. The van der Waals surface area contributed by atoms with Gasteiger partial charge in [0.05, 0.1) is 22.8 Å². The molecule has 1 saturated carbocycles. The van der Waals surface area contributed by atoms with Crippen LogP contribution in [0.25, 0.3) is 0 Å². The summed E-state index contributed by atoms with van der Waals surface area (Å²) in [6.07, 6.45) is 5.42. The lowest BCUT2D eigenvalue weighted by Crippen LogP contribution is -2.44. The van der Waals surface area contributed by atoms with E-state index in [2.05, 4.69) is 26.1 Å². The van der Waals surface area contributed by atoms with Gasteiger partial charge in [0.1, 0.15) is 0 Å². The van der Waals surface area contributed by atoms with E-state index < -0.39 is 11.7 Å². The van der Waals surface area contributed by atoms with Crippen LogP contribution in [0.1, 0.15) is 94.5 Å². The molecule has 1 amide bonds. The van der Waals surface area contributed by atoms with Crippen LogP contribution in [0, 0.1) is 5.41 Å². The van der Waals surface area contributed by atoms with Crippen LogP contribution in [0.2, 0.25) is 0 Å². The van der Waals surface area contributed by atoms with Gasteiger partial charge in [-0.05, 0) is 75.6 Å². The third-order valence-corrected chi connectivity index (χ3v) is 8.51. The van der Waals surface area contributed by atoms with Crippen LogP contribution < -0.4 is 5.32 Å². The highest BCUT2D eigenvalue weighted by Crippen LogP contribution is 2.45. The molecule has 8 heteroatoms. The molecule has 0 radical (unpaired) electrons. The van der Waals surface area contributed by atoms with Crippen molar-refractivity contribution in [2.75, 3.05) is 13.1 Å². The van der Waals surface area contributed by atoms with Crippen LogP contribution >= 0.6 is 0 Å². The number of likely N-dealkylation sites (tertiary alicyclic amines) is 1. The highest BCUT2D eigenvalue weighted by atomic mass is 19.4. The minimum atomic E-state index is -4.38. The quantitative estimate of drug-likeness (QED) is 0.558. The van der Waals surface area contributed by atoms with Gasteiger partial charge in [-0.15, -0.1) is 0 Å². The van der Waals surface area contributed by atoms with E-state index in [0.717, 1.165) is 42.9 Å². The Balaban J connectivity index is 1.39. The zero-order chi connectivity index (χ0) is 25.7. The Bertz CT molecular complexity index is 1080. The van der Waals surface area contributed by atoms with Crippen LogP contribution in [0.5, 0.6) is 0 Å². The predicted molar refractivity (Wildman–Crippen MR) is 132 cm³/mol. The molecule has 2 aromatic rings. The lowest BCUT2D eigenvalue weighted by atomic mass is 9.73. The van der Waals surface area contributed by atoms with Crippen molar-refractivity contribution in [3.63, 3.8) is 0 Å². The van der Waals surface area contributed by atoms with E-state index in [-0.39, 0.29) is 34.9 Å². The standard InChI is InChI=1S/C28H37F3N4O/c1-26(2,3)35-15-11-22(33-35)21-17-23(25(36)34-16-14-27(18-34)12-5-4-6-13-27)32-24(21)19-7-9-20(10-8-19)28(29,30)31/h7-11,15,21,23-24,32H,4-6,12-14,16-18H2,1-3H3/t21-,23-,24-/m0/s1. The first-order chi connectivity index (χ1) is 17.0. The number of halogens is 3. The summed E-state index contributed by atoms with van der Waals surface area (Å²) < 4.78 is 41.4. The molecule has 196 valence electrons. The summed E-state index contributed by atoms with van der Waals surface area (Å²) in [5, 5.41) is 8.34. The number of nitrogens with zero attached hydrogens (tertiary/aromatic N) is 3. The Morgan fingerprint density at radius 1 is 1.03 bits per heavy atom. The number of alkyl halides is 3. The van der Waals surface area contributed by atoms with Crippen molar-refractivity contribution in [3.8, 4) is 0 Å². The molecule has 0 bridgehead atoms. The summed E-state index contributed by atoms with van der Waals surface area (Å²) in [7, 11) is 0. The molecule has 3 heterocycles. The van der Waals surface area contributed by atoms with Crippen LogP contribution in [0.4, 0.5) is 13.2 Å². The van der Waals surface area contributed by atoms with Crippen molar-refractivity contribution in [1.82, 2.24) is 20.0 Å². The Kier molecular flexibility index (Phi) is 6.46. The summed E-state index contributed by atoms with van der Waals surface area (Å²) in [5.74, 6) is 0.0117. The maximum absolute atomic E-state index is 13.7. The first-order valence-electron chi connectivity index (χ1n) is 13.2. The van der Waals surface area contributed by atoms with Gasteiger partial charge in [0.15, 0.2) is 0 Å². The third kappa shape index (κ3) is 4.93. The number of hydrogen-bond donors (Lipinski definition) is 1. The Labute approximate surface area is 211 Å². The van der Waals surface area contributed by atoms with Gasteiger partial charge in [-0.1, -0.05) is 31.4 Å². The molecule has 2 aliphatic heterocycles. The van der Waals surface area contributed by atoms with Gasteiger partial charge < -0.3 is 4.90 Å². The molecular weight excluding hydrogens is 465 g/mol. The largest absolute Gasteiger partial charge is 0.416 e. The average Bonchev–Trinajstić information content (AvgIpc) is 3.57. The van der Waals surface area contributed by atoms with E-state index in [4.69, 9.17) is 5.10 Å². The first kappa shape index (κ1) is 25.3. The number of amides is 1. The average molecular weight is 503 g/mol. The summed E-state index contributed by atoms with van der Waals surface area (Å²) in [6.45, 7) is 7.85. The number of carbonyl (C=O) groups is 1. The topological polar surface area (TPSA) is 50.2 Å². The molecular formula is C28H37F3N4O. The van der Waals surface area contributed by atoms with Crippen molar-refractivity contribution in [2.45, 2.75) is 95.4 Å². The number of hydrogen-bond acceptors (Lipinski definition) is 3. The lowest BCUT2D eigenvalue weighted by molar-refractivity contribution is -0.137. The van der Waals surface area contributed by atoms with E-state index in [1.165, 1.54) is 44.2 Å². The van der Waals surface area contributed by atoms with Crippen LogP contribution in [0.3, 0.4) is 0 Å². The molecule has 3 fully saturated rings. The fraction of sp³-hybridized carbons (Fsp3) is 0.643. The molecule has 1 spiro atoms. The lowest BCUT2D eigenvalue weighted by Gasteiger charge is -2.33. The molecule has 3 aliphatic rings. The van der Waals surface area contributed by atoms with Gasteiger partial charge in [-0.25, -0.2) is 0 Å². The maximum atomic E-state index is 13.7. The molecule has 1 N–H and O–H groups in total. The van der Waals surface area contributed by atoms with E-state index in [1.807, 2.05) is 21.8 Å². The molecule has 1 aromatic heterocycles. The predicted octanol–water partition coefficient (Wildman–Crippen LogP) is 6.03. The van der Waals surface area contributed by atoms with Crippen LogP contribution in [0.15, 0.2) is 36.5 Å². The van der Waals surface area contributed by atoms with Crippen molar-refractivity contribution in [3.05, 3.63) is 53.3 Å². The van der Waals surface area contributed by atoms with Crippen molar-refractivity contribution >= 4 is 5.91 Å². The van der Waals surface area contributed by atoms with Gasteiger partial charge in [-0.3, -0.25) is 14.8 Å². The molecule has 36 heavy (non-hydrogen) atoms. The van der Waals surface area contributed by atoms with E-state index in [0.29, 0.717) is 6.42 Å². The fourth-order valence-electron chi connectivity index (χ4n) is 6.43. The van der Waals surface area contributed by atoms with Gasteiger partial charge in [0.2, 0.25) is 5.91 Å². The number of carbonyl (C=O) groups excluding carboxylic acids is 1. The van der Waals surface area contributed by atoms with E-state index in [9.17, 15) is 18.0 Å². The number of benzene rings is 1. The molecule has 3 atom stereocenters. The second kappa shape index (κ2) is 9.19. The fourth-order valence-corrected chi connectivity index (χ4v) is 6.43. The van der Waals surface area contributed by atoms with E-state index >= 15 is 0 Å². The first-order valence-corrected chi connectivity index (χ1v) is 13.2. The van der Waals surface area contributed by atoms with Gasteiger partial charge in [0, 0.05) is 31.2 Å². The molecule has 5 nitrogen and oxygen atoms in total. The monoisotopic (exact) mass is 502 g/mol. The molecule has 1 aromatic carbocycles. The number of rotatable bonds is 3. The van der Waals surface area contributed by atoms with Gasteiger partial charge >= 0.3 is 6.18 Å². The smallest absolute Gasteiger partial charge is 0.341 e. The van der Waals surface area contributed by atoms with E-state index in [1.54, 1.807) is 0 Å². The van der Waals surface area contributed by atoms with Crippen molar-refractivity contribution in [2.24, 2.45) is 5.41 Å². The summed E-state index contributed by atoms with van der Waals surface area (Å²) in [6, 6.07) is 6.65. The summed E-state index contributed by atoms with van der Waals surface area (Å²) in [4.78, 5) is 15.7. The zero-order valence-corrected chi connectivity index (χ0v) is 21.4. The molecule has 0 unspecified atom stereocenters. The van der Waals surface area contributed by atoms with Gasteiger partial charge in [-0.2, -0.15) is 18.3 Å². The van der Waals surface area contributed by atoms with Crippen LogP contribution in [-0.4, -0.2) is 39.7 Å². The summed E-state index contributed by atoms with van der Waals surface area (Å²) in [5.41, 5.74) is 1.04. The Morgan fingerprint density at radius 3 is 2.33 bits per heavy atom. The van der Waals surface area contributed by atoms with Crippen LogP contribution in [-0.2, 0) is 16.5 Å². The molecule has 2 saturated heterocycles. The highest BCUT2D eigenvalue weighted by molar-refractivity contribution is 5.83. The van der Waals surface area contributed by atoms with Crippen molar-refractivity contribution in [1.29, 1.82) is 0 Å². The van der Waals surface area contributed by atoms with Gasteiger partial charge in [0.25, 0.3) is 0 Å².